The van der Waals surface area contributed by atoms with Gasteiger partial charge in [-0.1, -0.05) is 34.8 Å². The van der Waals surface area contributed by atoms with Crippen molar-refractivity contribution in [2.24, 2.45) is 0 Å². The number of anilines is 1. The van der Waals surface area contributed by atoms with E-state index >= 15 is 0 Å². The fourth-order valence-corrected chi connectivity index (χ4v) is 2.58. The molecule has 6 nitrogen and oxygen atoms in total. The molecule has 2 rings (SSSR count). The number of amides is 1. The summed E-state index contributed by atoms with van der Waals surface area (Å²) in [6.45, 7) is 0.638. The third-order valence-corrected chi connectivity index (χ3v) is 4.12. The number of alkyl halides is 3. The van der Waals surface area contributed by atoms with Gasteiger partial charge in [-0.05, 0) is 31.2 Å². The highest BCUT2D eigenvalue weighted by molar-refractivity contribution is 6.35. The van der Waals surface area contributed by atoms with Crippen LogP contribution in [0.3, 0.4) is 0 Å². The highest BCUT2D eigenvalue weighted by atomic mass is 35.5. The van der Waals surface area contributed by atoms with Gasteiger partial charge < -0.3 is 14.8 Å². The molecule has 0 fully saturated rings. The first-order valence-electron chi connectivity index (χ1n) is 7.78. The van der Waals surface area contributed by atoms with E-state index in [0.717, 1.165) is 0 Å². The number of benzene rings is 1. The van der Waals surface area contributed by atoms with E-state index in [-0.39, 0.29) is 16.6 Å². The first kappa shape index (κ1) is 23.1. The standard InChI is InChI=1S/C17H12Cl3F3N2O4/c1-8(29-13-3-2-10(18)5-11(13)19)16(27)28-7-14(26)25-15-12(20)4-9(6-24-15)17(21,22)23/h2-6,8H,7H2,1H3,(H,24,25,26). The summed E-state index contributed by atoms with van der Waals surface area (Å²) >= 11 is 17.4. The van der Waals surface area contributed by atoms with Crippen molar-refractivity contribution in [3.8, 4) is 5.75 Å². The highest BCUT2D eigenvalue weighted by Gasteiger charge is 2.31. The number of hydrogen-bond acceptors (Lipinski definition) is 5. The lowest BCUT2D eigenvalue weighted by Crippen LogP contribution is -2.30. The Morgan fingerprint density at radius 3 is 2.45 bits per heavy atom. The van der Waals surface area contributed by atoms with Gasteiger partial charge in [-0.2, -0.15) is 13.2 Å². The molecule has 0 radical (unpaired) electrons. The smallest absolute Gasteiger partial charge is 0.417 e. The van der Waals surface area contributed by atoms with Crippen LogP contribution in [0.5, 0.6) is 5.75 Å². The minimum absolute atomic E-state index is 0.179. The largest absolute Gasteiger partial charge is 0.477 e. The third kappa shape index (κ3) is 6.66. The van der Waals surface area contributed by atoms with E-state index < -0.39 is 41.3 Å². The van der Waals surface area contributed by atoms with Gasteiger partial charge in [0.15, 0.2) is 18.5 Å². The Kier molecular flexibility index (Phi) is 7.56. The Bertz CT molecular complexity index is 925. The minimum atomic E-state index is -4.63. The number of aromatic nitrogens is 1. The van der Waals surface area contributed by atoms with Crippen LogP contribution in [0.2, 0.25) is 15.1 Å². The number of hydrogen-bond donors (Lipinski definition) is 1. The summed E-state index contributed by atoms with van der Waals surface area (Å²) in [5.41, 5.74) is -1.07. The number of pyridine rings is 1. The van der Waals surface area contributed by atoms with E-state index in [2.05, 4.69) is 10.3 Å². The van der Waals surface area contributed by atoms with Gasteiger partial charge in [0.1, 0.15) is 5.75 Å². The Morgan fingerprint density at radius 2 is 1.86 bits per heavy atom. The first-order chi connectivity index (χ1) is 13.5. The molecule has 156 valence electrons. The molecule has 1 unspecified atom stereocenters. The zero-order valence-corrected chi connectivity index (χ0v) is 16.8. The van der Waals surface area contributed by atoms with Crippen molar-refractivity contribution < 1.29 is 32.2 Å². The SMILES string of the molecule is CC(Oc1ccc(Cl)cc1Cl)C(=O)OCC(=O)Nc1ncc(C(F)(F)F)cc1Cl. The van der Waals surface area contributed by atoms with Crippen LogP contribution in [0, 0.1) is 0 Å². The summed E-state index contributed by atoms with van der Waals surface area (Å²) in [4.78, 5) is 27.2. The van der Waals surface area contributed by atoms with E-state index in [1.807, 2.05) is 0 Å². The Morgan fingerprint density at radius 1 is 1.17 bits per heavy atom. The summed E-state index contributed by atoms with van der Waals surface area (Å²) < 4.78 is 47.9. The molecule has 0 bridgehead atoms. The lowest BCUT2D eigenvalue weighted by atomic mass is 10.3. The second kappa shape index (κ2) is 9.51. The fourth-order valence-electron chi connectivity index (χ4n) is 1.92. The maximum absolute atomic E-state index is 12.6. The molecule has 1 N–H and O–H groups in total. The second-order valence-corrected chi connectivity index (χ2v) is 6.79. The van der Waals surface area contributed by atoms with Gasteiger partial charge in [-0.3, -0.25) is 4.79 Å². The molecule has 12 heteroatoms. The molecule has 0 aliphatic carbocycles. The number of ether oxygens (including phenoxy) is 2. The van der Waals surface area contributed by atoms with Crippen LogP contribution in [-0.4, -0.2) is 29.6 Å². The molecule has 29 heavy (non-hydrogen) atoms. The van der Waals surface area contributed by atoms with Crippen molar-refractivity contribution in [2.45, 2.75) is 19.2 Å². The van der Waals surface area contributed by atoms with Gasteiger partial charge in [-0.25, -0.2) is 9.78 Å². The lowest BCUT2D eigenvalue weighted by Gasteiger charge is -2.15. The van der Waals surface area contributed by atoms with Gasteiger partial charge in [0.05, 0.1) is 15.6 Å². The van der Waals surface area contributed by atoms with Crippen LogP contribution >= 0.6 is 34.8 Å². The van der Waals surface area contributed by atoms with E-state index in [1.54, 1.807) is 0 Å². The van der Waals surface area contributed by atoms with Crippen LogP contribution in [0.15, 0.2) is 30.5 Å². The number of esters is 1. The van der Waals surface area contributed by atoms with Gasteiger partial charge in [0, 0.05) is 11.2 Å². The van der Waals surface area contributed by atoms with Crippen molar-refractivity contribution in [1.29, 1.82) is 0 Å². The molecule has 1 aromatic carbocycles. The molecule has 1 aromatic heterocycles. The predicted octanol–water partition coefficient (Wildman–Crippen LogP) is 5.01. The summed E-state index contributed by atoms with van der Waals surface area (Å²) in [7, 11) is 0. The molecular formula is C17H12Cl3F3N2O4. The van der Waals surface area contributed by atoms with Crippen molar-refractivity contribution >= 4 is 52.5 Å². The summed E-state index contributed by atoms with van der Waals surface area (Å²) in [5, 5.41) is 2.28. The lowest BCUT2D eigenvalue weighted by molar-refractivity contribution is -0.153. The van der Waals surface area contributed by atoms with E-state index in [9.17, 15) is 22.8 Å². The van der Waals surface area contributed by atoms with Crippen LogP contribution in [0.25, 0.3) is 0 Å². The number of rotatable bonds is 6. The van der Waals surface area contributed by atoms with Crippen LogP contribution in [-0.2, 0) is 20.5 Å². The second-order valence-electron chi connectivity index (χ2n) is 5.54. The van der Waals surface area contributed by atoms with Crippen LogP contribution in [0.1, 0.15) is 12.5 Å². The normalized spacial score (nSPS) is 12.2. The van der Waals surface area contributed by atoms with Crippen LogP contribution in [0.4, 0.5) is 19.0 Å². The Labute approximate surface area is 177 Å². The van der Waals surface area contributed by atoms with Crippen molar-refractivity contribution in [1.82, 2.24) is 4.98 Å². The molecule has 1 atom stereocenters. The number of carbonyl (C=O) groups excluding carboxylic acids is 2. The topological polar surface area (TPSA) is 77.5 Å². The van der Waals surface area contributed by atoms with Crippen molar-refractivity contribution in [3.63, 3.8) is 0 Å². The Balaban J connectivity index is 1.89. The van der Waals surface area contributed by atoms with E-state index in [1.165, 1.54) is 25.1 Å². The van der Waals surface area contributed by atoms with Gasteiger partial charge in [-0.15, -0.1) is 0 Å². The molecule has 1 heterocycles. The minimum Gasteiger partial charge on any atom is -0.477 e. The summed E-state index contributed by atoms with van der Waals surface area (Å²) in [5.74, 6) is -1.86. The molecule has 0 saturated heterocycles. The summed E-state index contributed by atoms with van der Waals surface area (Å²) in [6, 6.07) is 5.00. The molecule has 0 spiro atoms. The molecule has 1 amide bonds. The summed E-state index contributed by atoms with van der Waals surface area (Å²) in [6.07, 6.45) is -5.22. The monoisotopic (exact) mass is 470 g/mol. The number of nitrogens with zero attached hydrogens (tertiary/aromatic N) is 1. The molecule has 0 saturated carbocycles. The average Bonchev–Trinajstić information content (AvgIpc) is 2.62. The van der Waals surface area contributed by atoms with Gasteiger partial charge >= 0.3 is 12.1 Å². The van der Waals surface area contributed by atoms with Crippen molar-refractivity contribution in [3.05, 3.63) is 51.1 Å². The molecule has 0 aliphatic heterocycles. The van der Waals surface area contributed by atoms with Crippen molar-refractivity contribution in [2.75, 3.05) is 11.9 Å². The quantitative estimate of drug-likeness (QED) is 0.599. The van der Waals surface area contributed by atoms with E-state index in [4.69, 9.17) is 44.3 Å². The third-order valence-electron chi connectivity index (χ3n) is 3.30. The zero-order valence-electron chi connectivity index (χ0n) is 14.5. The van der Waals surface area contributed by atoms with Gasteiger partial charge in [0.25, 0.3) is 5.91 Å². The molecule has 0 aliphatic rings. The number of halogens is 6. The van der Waals surface area contributed by atoms with Gasteiger partial charge in [0.2, 0.25) is 0 Å². The predicted molar refractivity (Wildman–Crippen MR) is 100 cm³/mol. The molecule has 2 aromatic rings. The maximum Gasteiger partial charge on any atom is 0.417 e. The average molecular weight is 472 g/mol. The number of carbonyl (C=O) groups is 2. The molecular weight excluding hydrogens is 460 g/mol. The zero-order chi connectivity index (χ0) is 21.8. The first-order valence-corrected chi connectivity index (χ1v) is 8.91. The van der Waals surface area contributed by atoms with E-state index in [0.29, 0.717) is 17.3 Å². The fraction of sp³-hybridized carbons (Fsp3) is 0.235. The number of nitrogens with one attached hydrogen (secondary N) is 1. The highest BCUT2D eigenvalue weighted by Crippen LogP contribution is 2.32. The maximum atomic E-state index is 12.6. The van der Waals surface area contributed by atoms with Crippen LogP contribution < -0.4 is 10.1 Å². The Hall–Kier alpha value is -2.23.